The largest absolute Gasteiger partial charge is 0.489 e. The van der Waals surface area contributed by atoms with Crippen LogP contribution in [0.3, 0.4) is 0 Å². The summed E-state index contributed by atoms with van der Waals surface area (Å²) in [6, 6.07) is 17.5. The molecule has 0 aromatic heterocycles. The van der Waals surface area contributed by atoms with Crippen LogP contribution in [-0.4, -0.2) is 35.5 Å². The Hall–Kier alpha value is -1.92. The lowest BCUT2D eigenvalue weighted by atomic mass is 10.2. The Balaban J connectivity index is 1.41. The molecule has 0 aliphatic carbocycles. The molecule has 1 aliphatic rings. The summed E-state index contributed by atoms with van der Waals surface area (Å²) in [6.45, 7) is 0. The number of benzene rings is 2. The minimum Gasteiger partial charge on any atom is -0.489 e. The lowest BCUT2D eigenvalue weighted by Gasteiger charge is -2.25. The number of hydrazone groups is 1. The fourth-order valence-corrected chi connectivity index (χ4v) is 3.26. The number of amides is 1. The summed E-state index contributed by atoms with van der Waals surface area (Å²) in [6.07, 6.45) is 1.98. The van der Waals surface area contributed by atoms with Gasteiger partial charge in [0, 0.05) is 16.4 Å². The third-order valence-corrected chi connectivity index (χ3v) is 5.53. The zero-order chi connectivity index (χ0) is 16.6. The van der Waals surface area contributed by atoms with Crippen molar-refractivity contribution in [1.82, 2.24) is 5.43 Å². The molecule has 0 bridgehead atoms. The zero-order valence-electron chi connectivity index (χ0n) is 13.1. The molecule has 0 unspecified atom stereocenters. The molecular formula is C18H18N2O2S2. The van der Waals surface area contributed by atoms with E-state index in [1.165, 1.54) is 11.8 Å². The van der Waals surface area contributed by atoms with Gasteiger partial charge in [0.15, 0.2) is 0 Å². The van der Waals surface area contributed by atoms with Gasteiger partial charge in [0.25, 0.3) is 0 Å². The zero-order valence-corrected chi connectivity index (χ0v) is 14.7. The number of thioether (sulfide) groups is 2. The van der Waals surface area contributed by atoms with Crippen LogP contribution < -0.4 is 10.2 Å². The van der Waals surface area contributed by atoms with E-state index in [9.17, 15) is 4.79 Å². The van der Waals surface area contributed by atoms with Gasteiger partial charge < -0.3 is 4.74 Å². The minimum atomic E-state index is -0.123. The molecule has 1 heterocycles. The molecule has 2 aromatic rings. The highest BCUT2D eigenvalue weighted by atomic mass is 32.2. The first-order chi connectivity index (χ1) is 11.8. The van der Waals surface area contributed by atoms with Crippen molar-refractivity contribution in [1.29, 1.82) is 0 Å². The molecule has 1 N–H and O–H groups in total. The van der Waals surface area contributed by atoms with Crippen molar-refractivity contribution in [2.45, 2.75) is 11.0 Å². The summed E-state index contributed by atoms with van der Waals surface area (Å²) in [5.74, 6) is 3.23. The number of nitrogens with zero attached hydrogens (tertiary/aromatic N) is 1. The number of nitrogens with one attached hydrogen (secondary N) is 1. The molecule has 0 spiro atoms. The summed E-state index contributed by atoms with van der Waals surface area (Å²) >= 11 is 3.38. The van der Waals surface area contributed by atoms with Crippen molar-refractivity contribution in [2.75, 3.05) is 17.3 Å². The van der Waals surface area contributed by atoms with Gasteiger partial charge in [-0.15, -0.1) is 11.8 Å². The van der Waals surface area contributed by atoms with Crippen molar-refractivity contribution in [3.8, 4) is 5.75 Å². The molecule has 1 saturated heterocycles. The molecule has 24 heavy (non-hydrogen) atoms. The van der Waals surface area contributed by atoms with E-state index in [0.29, 0.717) is 11.9 Å². The first-order valence-electron chi connectivity index (χ1n) is 7.64. The number of hydrogen-bond acceptors (Lipinski definition) is 5. The normalized spacial score (nSPS) is 14.3. The molecule has 124 valence electrons. The van der Waals surface area contributed by atoms with Gasteiger partial charge in [-0.2, -0.15) is 16.9 Å². The van der Waals surface area contributed by atoms with Gasteiger partial charge in [0.1, 0.15) is 11.9 Å². The van der Waals surface area contributed by atoms with E-state index in [0.717, 1.165) is 27.7 Å². The molecule has 0 radical (unpaired) electrons. The lowest BCUT2D eigenvalue weighted by Crippen LogP contribution is -2.30. The third-order valence-electron chi connectivity index (χ3n) is 3.31. The molecule has 0 saturated carbocycles. The fourth-order valence-electron chi connectivity index (χ4n) is 1.98. The van der Waals surface area contributed by atoms with Crippen LogP contribution in [0.5, 0.6) is 5.75 Å². The fraction of sp³-hybridized carbons (Fsp3) is 0.222. The average Bonchev–Trinajstić information content (AvgIpc) is 2.58. The molecule has 0 atom stereocenters. The highest BCUT2D eigenvalue weighted by molar-refractivity contribution is 8.00. The van der Waals surface area contributed by atoms with E-state index in [-0.39, 0.29) is 5.91 Å². The Morgan fingerprint density at radius 1 is 1.21 bits per heavy atom. The van der Waals surface area contributed by atoms with E-state index in [1.807, 2.05) is 66.4 Å². The third kappa shape index (κ3) is 5.32. The van der Waals surface area contributed by atoms with Crippen LogP contribution in [0.15, 0.2) is 64.6 Å². The van der Waals surface area contributed by atoms with Gasteiger partial charge in [-0.25, -0.2) is 5.43 Å². The number of ether oxygens (including phenoxy) is 1. The van der Waals surface area contributed by atoms with Crippen LogP contribution >= 0.6 is 23.5 Å². The highest BCUT2D eigenvalue weighted by Crippen LogP contribution is 2.23. The van der Waals surface area contributed by atoms with Crippen molar-refractivity contribution in [3.05, 3.63) is 60.2 Å². The van der Waals surface area contributed by atoms with E-state index in [1.54, 1.807) is 6.21 Å². The Kier molecular flexibility index (Phi) is 6.20. The number of hydrogen-bond donors (Lipinski definition) is 1. The molecule has 1 aliphatic heterocycles. The van der Waals surface area contributed by atoms with Crippen molar-refractivity contribution in [2.24, 2.45) is 5.10 Å². The number of carbonyl (C=O) groups is 1. The standard InChI is InChI=1S/C18H18N2O2S2/c21-18(13-24-17-4-2-1-3-5-17)20-19-10-14-6-8-15(9-7-14)22-16-11-23-12-16/h1-10,16H,11-13H2,(H,20,21)/b19-10-. The summed E-state index contributed by atoms with van der Waals surface area (Å²) in [4.78, 5) is 12.8. The second-order valence-corrected chi connectivity index (χ2v) is 7.36. The molecule has 1 amide bonds. The summed E-state index contributed by atoms with van der Waals surface area (Å²) in [5, 5.41) is 3.99. The smallest absolute Gasteiger partial charge is 0.250 e. The van der Waals surface area contributed by atoms with Crippen LogP contribution in [-0.2, 0) is 4.79 Å². The maximum atomic E-state index is 11.8. The van der Waals surface area contributed by atoms with Gasteiger partial charge in [-0.1, -0.05) is 18.2 Å². The highest BCUT2D eigenvalue weighted by Gasteiger charge is 2.19. The van der Waals surface area contributed by atoms with E-state index in [4.69, 9.17) is 4.74 Å². The van der Waals surface area contributed by atoms with Crippen LogP contribution in [0.25, 0.3) is 0 Å². The van der Waals surface area contributed by atoms with E-state index < -0.39 is 0 Å². The Morgan fingerprint density at radius 2 is 1.96 bits per heavy atom. The van der Waals surface area contributed by atoms with Crippen molar-refractivity contribution >= 4 is 35.6 Å². The topological polar surface area (TPSA) is 50.7 Å². The molecule has 4 nitrogen and oxygen atoms in total. The van der Waals surface area contributed by atoms with Crippen LogP contribution in [0.4, 0.5) is 0 Å². The van der Waals surface area contributed by atoms with Gasteiger partial charge in [-0.3, -0.25) is 4.79 Å². The molecule has 1 fully saturated rings. The Morgan fingerprint density at radius 3 is 2.62 bits per heavy atom. The molecule has 3 rings (SSSR count). The van der Waals surface area contributed by atoms with Gasteiger partial charge >= 0.3 is 0 Å². The average molecular weight is 358 g/mol. The van der Waals surface area contributed by atoms with Crippen molar-refractivity contribution < 1.29 is 9.53 Å². The maximum Gasteiger partial charge on any atom is 0.250 e. The summed E-state index contributed by atoms with van der Waals surface area (Å²) < 4.78 is 5.78. The predicted molar refractivity (Wildman–Crippen MR) is 101 cm³/mol. The summed E-state index contributed by atoms with van der Waals surface area (Å²) in [5.41, 5.74) is 3.46. The SMILES string of the molecule is O=C(CSc1ccccc1)N/N=C\c1ccc(OC2CSC2)cc1. The van der Waals surface area contributed by atoms with E-state index >= 15 is 0 Å². The number of rotatable bonds is 7. The van der Waals surface area contributed by atoms with Crippen molar-refractivity contribution in [3.63, 3.8) is 0 Å². The van der Waals surface area contributed by atoms with Crippen LogP contribution in [0, 0.1) is 0 Å². The van der Waals surface area contributed by atoms with E-state index in [2.05, 4.69) is 10.5 Å². The maximum absolute atomic E-state index is 11.8. The van der Waals surface area contributed by atoms with Crippen LogP contribution in [0.1, 0.15) is 5.56 Å². The molecular weight excluding hydrogens is 340 g/mol. The Bertz CT molecular complexity index is 686. The lowest BCUT2D eigenvalue weighted by molar-refractivity contribution is -0.118. The first kappa shape index (κ1) is 16.9. The number of carbonyl (C=O) groups excluding carboxylic acids is 1. The van der Waals surface area contributed by atoms with Gasteiger partial charge in [0.2, 0.25) is 5.91 Å². The van der Waals surface area contributed by atoms with Crippen LogP contribution in [0.2, 0.25) is 0 Å². The van der Waals surface area contributed by atoms with Gasteiger partial charge in [0.05, 0.1) is 12.0 Å². The monoisotopic (exact) mass is 358 g/mol. The first-order valence-corrected chi connectivity index (χ1v) is 9.78. The molecule has 6 heteroatoms. The Labute approximate surface area is 150 Å². The molecule has 2 aromatic carbocycles. The second kappa shape index (κ2) is 8.80. The quantitative estimate of drug-likeness (QED) is 0.468. The minimum absolute atomic E-state index is 0.123. The predicted octanol–water partition coefficient (Wildman–Crippen LogP) is 3.42. The summed E-state index contributed by atoms with van der Waals surface area (Å²) in [7, 11) is 0. The second-order valence-electron chi connectivity index (χ2n) is 5.24. The van der Waals surface area contributed by atoms with Gasteiger partial charge in [-0.05, 0) is 42.0 Å².